The lowest BCUT2D eigenvalue weighted by Gasteiger charge is -2.08. The first-order valence-electron chi connectivity index (χ1n) is 6.26. The van der Waals surface area contributed by atoms with Gasteiger partial charge in [-0.05, 0) is 12.3 Å². The first kappa shape index (κ1) is 16.6. The Balaban J connectivity index is 3.86. The highest BCUT2D eigenvalue weighted by Gasteiger charge is 2.06. The Kier molecular flexibility index (Phi) is 8.92. The molecule has 18 heavy (non-hydrogen) atoms. The Hall–Kier alpha value is -1.36. The molecule has 0 spiro atoms. The monoisotopic (exact) mass is 256 g/mol. The van der Waals surface area contributed by atoms with Gasteiger partial charge in [-0.15, -0.1) is 0 Å². The minimum Gasteiger partial charge on any atom is -0.466 e. The third kappa shape index (κ3) is 7.84. The van der Waals surface area contributed by atoms with Gasteiger partial charge in [0, 0.05) is 18.7 Å². The fraction of sp³-hybridized carbons (Fsp3) is 0.692. The molecule has 0 fully saturated rings. The van der Waals surface area contributed by atoms with E-state index < -0.39 is 0 Å². The van der Waals surface area contributed by atoms with Crippen molar-refractivity contribution >= 4 is 11.9 Å². The molecule has 5 nitrogen and oxygen atoms in total. The number of hydrogen-bond acceptors (Lipinski definition) is 4. The van der Waals surface area contributed by atoms with Gasteiger partial charge in [-0.25, -0.2) is 4.79 Å². The predicted molar refractivity (Wildman–Crippen MR) is 71.1 cm³/mol. The summed E-state index contributed by atoms with van der Waals surface area (Å²) in [7, 11) is 1.36. The van der Waals surface area contributed by atoms with Crippen LogP contribution in [0.15, 0.2) is 11.6 Å². The Bertz CT molecular complexity index is 299. The zero-order valence-corrected chi connectivity index (χ0v) is 11.7. The van der Waals surface area contributed by atoms with E-state index in [0.29, 0.717) is 31.0 Å². The highest BCUT2D eigenvalue weighted by molar-refractivity contribution is 5.88. The highest BCUT2D eigenvalue weighted by atomic mass is 16.5. The van der Waals surface area contributed by atoms with Crippen molar-refractivity contribution in [3.05, 3.63) is 11.6 Å². The molecule has 0 unspecified atom stereocenters. The molecule has 5 heteroatoms. The van der Waals surface area contributed by atoms with Gasteiger partial charge in [-0.1, -0.05) is 26.8 Å². The lowest BCUT2D eigenvalue weighted by atomic mass is 10.2. The van der Waals surface area contributed by atoms with Crippen LogP contribution in [0.3, 0.4) is 0 Å². The molecule has 0 aromatic heterocycles. The van der Waals surface area contributed by atoms with Gasteiger partial charge in [-0.3, -0.25) is 4.79 Å². The van der Waals surface area contributed by atoms with Crippen LogP contribution in [-0.2, 0) is 14.3 Å². The SMILES string of the molecule is CCC(=CCNCC(=O)NCC(C)C)C(=O)OC. The van der Waals surface area contributed by atoms with Gasteiger partial charge in [0.2, 0.25) is 5.91 Å². The van der Waals surface area contributed by atoms with Crippen LogP contribution in [0.5, 0.6) is 0 Å². The molecular formula is C13H24N2O3. The molecule has 0 radical (unpaired) electrons. The molecule has 0 aliphatic rings. The smallest absolute Gasteiger partial charge is 0.333 e. The van der Waals surface area contributed by atoms with Gasteiger partial charge in [-0.2, -0.15) is 0 Å². The third-order valence-corrected chi connectivity index (χ3v) is 2.31. The second-order valence-corrected chi connectivity index (χ2v) is 4.40. The number of methoxy groups -OCH3 is 1. The highest BCUT2D eigenvalue weighted by Crippen LogP contribution is 2.01. The quantitative estimate of drug-likeness (QED) is 0.384. The van der Waals surface area contributed by atoms with Crippen LogP contribution < -0.4 is 10.6 Å². The topological polar surface area (TPSA) is 67.4 Å². The first-order valence-corrected chi connectivity index (χ1v) is 6.26. The van der Waals surface area contributed by atoms with Crippen molar-refractivity contribution in [2.45, 2.75) is 27.2 Å². The summed E-state index contributed by atoms with van der Waals surface area (Å²) in [5.74, 6) is 0.0941. The number of amides is 1. The van der Waals surface area contributed by atoms with Crippen molar-refractivity contribution in [3.63, 3.8) is 0 Å². The lowest BCUT2D eigenvalue weighted by Crippen LogP contribution is -2.35. The number of ether oxygens (including phenoxy) is 1. The largest absolute Gasteiger partial charge is 0.466 e. The summed E-state index contributed by atoms with van der Waals surface area (Å²) < 4.78 is 4.63. The maximum absolute atomic E-state index is 11.4. The van der Waals surface area contributed by atoms with Crippen molar-refractivity contribution in [1.29, 1.82) is 0 Å². The van der Waals surface area contributed by atoms with Crippen molar-refractivity contribution in [1.82, 2.24) is 10.6 Å². The molecule has 0 aliphatic carbocycles. The van der Waals surface area contributed by atoms with E-state index in [-0.39, 0.29) is 18.4 Å². The Morgan fingerprint density at radius 2 is 2.00 bits per heavy atom. The van der Waals surface area contributed by atoms with Gasteiger partial charge in [0.05, 0.1) is 13.7 Å². The molecule has 2 N–H and O–H groups in total. The maximum atomic E-state index is 11.4. The van der Waals surface area contributed by atoms with E-state index in [0.717, 1.165) is 0 Å². The Morgan fingerprint density at radius 3 is 2.50 bits per heavy atom. The fourth-order valence-electron chi connectivity index (χ4n) is 1.26. The van der Waals surface area contributed by atoms with E-state index in [1.165, 1.54) is 7.11 Å². The summed E-state index contributed by atoms with van der Waals surface area (Å²) in [4.78, 5) is 22.6. The number of esters is 1. The van der Waals surface area contributed by atoms with E-state index in [9.17, 15) is 9.59 Å². The Morgan fingerprint density at radius 1 is 1.33 bits per heavy atom. The van der Waals surface area contributed by atoms with Gasteiger partial charge in [0.1, 0.15) is 0 Å². The molecule has 1 amide bonds. The Labute approximate surface area is 109 Å². The van der Waals surface area contributed by atoms with Gasteiger partial charge in [0.15, 0.2) is 0 Å². The average molecular weight is 256 g/mol. The molecule has 0 saturated heterocycles. The molecule has 0 aliphatic heterocycles. The van der Waals surface area contributed by atoms with Crippen LogP contribution in [0, 0.1) is 5.92 Å². The third-order valence-electron chi connectivity index (χ3n) is 2.31. The van der Waals surface area contributed by atoms with E-state index in [2.05, 4.69) is 15.4 Å². The zero-order valence-electron chi connectivity index (χ0n) is 11.7. The lowest BCUT2D eigenvalue weighted by molar-refractivity contribution is -0.136. The van der Waals surface area contributed by atoms with Crippen molar-refractivity contribution < 1.29 is 14.3 Å². The predicted octanol–water partition coefficient (Wildman–Crippen LogP) is 0.858. The van der Waals surface area contributed by atoms with E-state index >= 15 is 0 Å². The van der Waals surface area contributed by atoms with Gasteiger partial charge < -0.3 is 15.4 Å². The van der Waals surface area contributed by atoms with Crippen LogP contribution in [-0.4, -0.2) is 38.6 Å². The molecular weight excluding hydrogens is 232 g/mol. The second kappa shape index (κ2) is 9.65. The fourth-order valence-corrected chi connectivity index (χ4v) is 1.26. The van der Waals surface area contributed by atoms with Gasteiger partial charge in [0.25, 0.3) is 0 Å². The average Bonchev–Trinajstić information content (AvgIpc) is 2.35. The van der Waals surface area contributed by atoms with Crippen LogP contribution in [0.25, 0.3) is 0 Å². The summed E-state index contributed by atoms with van der Waals surface area (Å²) >= 11 is 0. The summed E-state index contributed by atoms with van der Waals surface area (Å²) in [5.41, 5.74) is 0.618. The van der Waals surface area contributed by atoms with Crippen LogP contribution in [0.2, 0.25) is 0 Å². The van der Waals surface area contributed by atoms with Crippen molar-refractivity contribution in [2.24, 2.45) is 5.92 Å². The standard InChI is InChI=1S/C13H24N2O3/c1-5-11(13(17)18-4)6-7-14-9-12(16)15-8-10(2)3/h6,10,14H,5,7-9H2,1-4H3,(H,15,16). The molecule has 0 aromatic rings. The second-order valence-electron chi connectivity index (χ2n) is 4.40. The van der Waals surface area contributed by atoms with Gasteiger partial charge >= 0.3 is 5.97 Å². The summed E-state index contributed by atoms with van der Waals surface area (Å²) in [6, 6.07) is 0. The molecule has 0 atom stereocenters. The number of nitrogens with one attached hydrogen (secondary N) is 2. The number of carbonyl (C=O) groups excluding carboxylic acids is 2. The van der Waals surface area contributed by atoms with E-state index in [4.69, 9.17) is 0 Å². The maximum Gasteiger partial charge on any atom is 0.333 e. The molecule has 0 saturated carbocycles. The van der Waals surface area contributed by atoms with E-state index in [1.54, 1.807) is 6.08 Å². The summed E-state index contributed by atoms with van der Waals surface area (Å²) in [6.45, 7) is 7.38. The molecule has 0 aromatic carbocycles. The minimum atomic E-state index is -0.316. The van der Waals surface area contributed by atoms with Crippen LogP contribution >= 0.6 is 0 Å². The van der Waals surface area contributed by atoms with Crippen molar-refractivity contribution in [2.75, 3.05) is 26.7 Å². The number of carbonyl (C=O) groups is 2. The number of rotatable bonds is 8. The molecule has 0 rings (SSSR count). The normalized spacial score (nSPS) is 11.5. The molecule has 0 heterocycles. The van der Waals surface area contributed by atoms with Crippen molar-refractivity contribution in [3.8, 4) is 0 Å². The first-order chi connectivity index (χ1) is 8.51. The summed E-state index contributed by atoms with van der Waals surface area (Å²) in [5, 5.41) is 5.76. The summed E-state index contributed by atoms with van der Waals surface area (Å²) in [6.07, 6.45) is 2.37. The zero-order chi connectivity index (χ0) is 14.0. The van der Waals surface area contributed by atoms with Crippen LogP contribution in [0.4, 0.5) is 0 Å². The minimum absolute atomic E-state index is 0.0341. The molecule has 104 valence electrons. The number of hydrogen-bond donors (Lipinski definition) is 2. The molecule has 0 bridgehead atoms. The van der Waals surface area contributed by atoms with Crippen LogP contribution in [0.1, 0.15) is 27.2 Å². The van der Waals surface area contributed by atoms with E-state index in [1.807, 2.05) is 20.8 Å².